The summed E-state index contributed by atoms with van der Waals surface area (Å²) in [7, 11) is 0. The lowest BCUT2D eigenvalue weighted by molar-refractivity contribution is -0.107. The Bertz CT molecular complexity index is 366. The van der Waals surface area contributed by atoms with E-state index < -0.39 is 0 Å². The van der Waals surface area contributed by atoms with E-state index in [4.69, 9.17) is 4.74 Å². The van der Waals surface area contributed by atoms with Gasteiger partial charge in [0.1, 0.15) is 6.10 Å². The average molecular weight is 262 g/mol. The zero-order chi connectivity index (χ0) is 13.0. The minimum Gasteiger partial charge on any atom is -0.459 e. The van der Waals surface area contributed by atoms with E-state index in [1.807, 2.05) is 0 Å². The zero-order valence-corrected chi connectivity index (χ0v) is 12.2. The highest BCUT2D eigenvalue weighted by atomic mass is 16.5. The molecule has 3 nitrogen and oxygen atoms in total. The average Bonchev–Trinajstić information content (AvgIpc) is 2.75. The van der Waals surface area contributed by atoms with Gasteiger partial charge in [0.2, 0.25) is 0 Å². The lowest BCUT2D eigenvalue weighted by atomic mass is 9.48. The van der Waals surface area contributed by atoms with Gasteiger partial charge in [-0.05, 0) is 70.1 Å². The van der Waals surface area contributed by atoms with Gasteiger partial charge in [-0.25, -0.2) is 4.99 Å². The van der Waals surface area contributed by atoms with Crippen LogP contribution in [0.15, 0.2) is 4.99 Å². The highest BCUT2D eigenvalue weighted by Crippen LogP contribution is 2.62. The Labute approximate surface area is 116 Å². The first-order valence-electron chi connectivity index (χ1n) is 8.10. The molecular formula is C16H26N2O. The van der Waals surface area contributed by atoms with Gasteiger partial charge >= 0.3 is 0 Å². The molecule has 1 unspecified atom stereocenters. The van der Waals surface area contributed by atoms with Gasteiger partial charge in [-0.15, -0.1) is 0 Å². The fourth-order valence-electron chi connectivity index (χ4n) is 5.59. The Morgan fingerprint density at radius 2 is 1.68 bits per heavy atom. The molecule has 0 aromatic carbocycles. The molecule has 4 saturated carbocycles. The Hall–Kier alpha value is -0.730. The third kappa shape index (κ3) is 1.96. The summed E-state index contributed by atoms with van der Waals surface area (Å²) in [6, 6.07) is 1.21. The van der Waals surface area contributed by atoms with Crippen LogP contribution in [0.4, 0.5) is 0 Å². The Kier molecular flexibility index (Phi) is 2.62. The van der Waals surface area contributed by atoms with Gasteiger partial charge in [-0.3, -0.25) is 0 Å². The van der Waals surface area contributed by atoms with Gasteiger partial charge in [0.05, 0.1) is 6.54 Å². The quantitative estimate of drug-likeness (QED) is 0.830. The van der Waals surface area contributed by atoms with E-state index in [9.17, 15) is 0 Å². The maximum atomic E-state index is 6.20. The van der Waals surface area contributed by atoms with Crippen molar-refractivity contribution in [3.8, 4) is 0 Å². The Morgan fingerprint density at radius 3 is 2.21 bits per heavy atom. The number of rotatable bonds is 2. The van der Waals surface area contributed by atoms with Crippen LogP contribution >= 0.6 is 0 Å². The molecule has 3 heteroatoms. The third-order valence-corrected chi connectivity index (χ3v) is 5.84. The van der Waals surface area contributed by atoms with E-state index >= 15 is 0 Å². The van der Waals surface area contributed by atoms with Crippen LogP contribution in [0.3, 0.4) is 0 Å². The van der Waals surface area contributed by atoms with E-state index in [0.717, 1.165) is 30.3 Å². The summed E-state index contributed by atoms with van der Waals surface area (Å²) in [5.74, 6) is 2.99. The molecule has 1 N–H and O–H groups in total. The minimum absolute atomic E-state index is 0.363. The van der Waals surface area contributed by atoms with Gasteiger partial charge < -0.3 is 10.1 Å². The Morgan fingerprint density at radius 1 is 1.11 bits per heavy atom. The predicted octanol–water partition coefficient (Wildman–Crippen LogP) is 2.96. The van der Waals surface area contributed by atoms with Gasteiger partial charge in [0.15, 0.2) is 0 Å². The van der Waals surface area contributed by atoms with Crippen molar-refractivity contribution in [1.29, 1.82) is 0 Å². The highest BCUT2D eigenvalue weighted by Gasteiger charge is 2.56. The number of hydrogen-bond donors (Lipinski definition) is 1. The smallest absolute Gasteiger partial charge is 0.285 e. The lowest BCUT2D eigenvalue weighted by Crippen LogP contribution is -2.53. The molecule has 106 valence electrons. The molecule has 0 saturated heterocycles. The maximum Gasteiger partial charge on any atom is 0.285 e. The SMILES string of the molecule is CC(C)NC1=NCC(C23CC4CC(CC(C4)C2)C3)O1. The van der Waals surface area contributed by atoms with Crippen LogP contribution in [0.5, 0.6) is 0 Å². The van der Waals surface area contributed by atoms with Crippen LogP contribution < -0.4 is 5.32 Å². The van der Waals surface area contributed by atoms with Gasteiger partial charge in [0.25, 0.3) is 6.02 Å². The van der Waals surface area contributed by atoms with Crippen molar-refractivity contribution in [1.82, 2.24) is 5.32 Å². The predicted molar refractivity (Wildman–Crippen MR) is 76.1 cm³/mol. The summed E-state index contributed by atoms with van der Waals surface area (Å²) in [5, 5.41) is 3.33. The standard InChI is InChI=1S/C16H26N2O/c1-10(2)18-15-17-9-14(19-15)16-6-11-3-12(7-16)5-13(4-11)8-16/h10-14H,3-9H2,1-2H3,(H,17,18). The second kappa shape index (κ2) is 4.13. The number of ether oxygens (including phenoxy) is 1. The first-order valence-corrected chi connectivity index (χ1v) is 8.10. The molecule has 1 atom stereocenters. The second-order valence-corrected chi connectivity index (χ2v) is 7.83. The number of nitrogens with one attached hydrogen (secondary N) is 1. The molecule has 19 heavy (non-hydrogen) atoms. The molecule has 0 aromatic rings. The van der Waals surface area contributed by atoms with Crippen molar-refractivity contribution >= 4 is 6.02 Å². The molecule has 5 aliphatic rings. The molecule has 0 aromatic heterocycles. The summed E-state index contributed by atoms with van der Waals surface area (Å²) < 4.78 is 6.20. The fraction of sp³-hybridized carbons (Fsp3) is 0.938. The number of nitrogens with zero attached hydrogens (tertiary/aromatic N) is 1. The number of hydrogen-bond acceptors (Lipinski definition) is 3. The fourth-order valence-corrected chi connectivity index (χ4v) is 5.59. The van der Waals surface area contributed by atoms with Crippen LogP contribution in [-0.4, -0.2) is 24.7 Å². The largest absolute Gasteiger partial charge is 0.459 e. The molecule has 4 aliphatic carbocycles. The van der Waals surface area contributed by atoms with Gasteiger partial charge in [0, 0.05) is 11.5 Å². The van der Waals surface area contributed by atoms with Crippen LogP contribution in [0, 0.1) is 23.2 Å². The third-order valence-electron chi connectivity index (χ3n) is 5.84. The van der Waals surface area contributed by atoms with Crippen molar-refractivity contribution in [3.63, 3.8) is 0 Å². The van der Waals surface area contributed by atoms with Crippen molar-refractivity contribution in [2.75, 3.05) is 6.54 Å². The summed E-state index contributed by atoms with van der Waals surface area (Å²) in [6.45, 7) is 5.18. The number of amidine groups is 1. The lowest BCUT2D eigenvalue weighted by Gasteiger charge is -2.58. The first kappa shape index (κ1) is 12.0. The molecule has 1 aliphatic heterocycles. The molecule has 4 bridgehead atoms. The zero-order valence-electron chi connectivity index (χ0n) is 12.2. The molecule has 1 heterocycles. The van der Waals surface area contributed by atoms with Crippen LogP contribution in [0.1, 0.15) is 52.4 Å². The van der Waals surface area contributed by atoms with Crippen LogP contribution in [0.2, 0.25) is 0 Å². The first-order chi connectivity index (χ1) is 9.13. The maximum absolute atomic E-state index is 6.20. The van der Waals surface area contributed by atoms with Crippen LogP contribution in [0.25, 0.3) is 0 Å². The van der Waals surface area contributed by atoms with Gasteiger partial charge in [-0.2, -0.15) is 0 Å². The highest BCUT2D eigenvalue weighted by molar-refractivity contribution is 5.75. The molecule has 0 radical (unpaired) electrons. The van der Waals surface area contributed by atoms with Crippen molar-refractivity contribution in [3.05, 3.63) is 0 Å². The second-order valence-electron chi connectivity index (χ2n) is 7.83. The Balaban J connectivity index is 1.48. The van der Waals surface area contributed by atoms with Gasteiger partial charge in [-0.1, -0.05) is 0 Å². The summed E-state index contributed by atoms with van der Waals surface area (Å²) in [5.41, 5.74) is 0.471. The molecule has 5 rings (SSSR count). The monoisotopic (exact) mass is 262 g/mol. The normalized spacial score (nSPS) is 47.4. The molecular weight excluding hydrogens is 236 g/mol. The topological polar surface area (TPSA) is 33.6 Å². The van der Waals surface area contributed by atoms with Crippen LogP contribution in [-0.2, 0) is 4.74 Å². The van der Waals surface area contributed by atoms with Crippen molar-refractivity contribution in [2.45, 2.75) is 64.5 Å². The summed E-state index contributed by atoms with van der Waals surface area (Å²) in [6.07, 6.45) is 9.11. The minimum atomic E-state index is 0.363. The molecule has 0 spiro atoms. The molecule has 0 amide bonds. The summed E-state index contributed by atoms with van der Waals surface area (Å²) >= 11 is 0. The summed E-state index contributed by atoms with van der Waals surface area (Å²) in [4.78, 5) is 4.60. The van der Waals surface area contributed by atoms with E-state index in [1.165, 1.54) is 38.5 Å². The van der Waals surface area contributed by atoms with Crippen molar-refractivity contribution < 1.29 is 4.74 Å². The van der Waals surface area contributed by atoms with E-state index in [1.54, 1.807) is 0 Å². The number of aliphatic imine (C=N–C) groups is 1. The van der Waals surface area contributed by atoms with E-state index in [2.05, 4.69) is 24.2 Å². The van der Waals surface area contributed by atoms with E-state index in [0.29, 0.717) is 17.6 Å². The van der Waals surface area contributed by atoms with Crippen molar-refractivity contribution in [2.24, 2.45) is 28.2 Å². The molecule has 4 fully saturated rings. The van der Waals surface area contributed by atoms with E-state index in [-0.39, 0.29) is 0 Å².